The Morgan fingerprint density at radius 2 is 2.70 bits per heavy atom. The number of hydrogen-bond donors (Lipinski definition) is 1. The molecule has 0 aromatic carbocycles. The van der Waals surface area contributed by atoms with Gasteiger partial charge in [-0.05, 0) is 0 Å². The lowest BCUT2D eigenvalue weighted by Crippen LogP contribution is -2.11. The fourth-order valence-electron chi connectivity index (χ4n) is 0.973. The van der Waals surface area contributed by atoms with E-state index in [1.165, 1.54) is 11.3 Å². The number of aliphatic hydroxyl groups excluding tert-OH is 1. The largest absolute Gasteiger partial charge is 0.477 e. The van der Waals surface area contributed by atoms with Gasteiger partial charge < -0.3 is 9.84 Å². The molecule has 1 aromatic rings. The third kappa shape index (κ3) is 0.803. The van der Waals surface area contributed by atoms with Crippen LogP contribution >= 0.6 is 11.3 Å². The summed E-state index contributed by atoms with van der Waals surface area (Å²) in [5.74, 6) is 0.615. The van der Waals surface area contributed by atoms with Crippen molar-refractivity contribution in [3.8, 4) is 5.88 Å². The third-order valence-corrected chi connectivity index (χ3v) is 2.40. The molecule has 1 aromatic heterocycles. The van der Waals surface area contributed by atoms with Crippen LogP contribution in [-0.4, -0.2) is 16.7 Å². The summed E-state index contributed by atoms with van der Waals surface area (Å²) in [4.78, 5) is 4.81. The van der Waals surface area contributed by atoms with E-state index in [-0.39, 0.29) is 6.10 Å². The second-order valence-corrected chi connectivity index (χ2v) is 3.06. The maximum Gasteiger partial charge on any atom is 0.230 e. The van der Waals surface area contributed by atoms with E-state index >= 15 is 0 Å². The van der Waals surface area contributed by atoms with Gasteiger partial charge >= 0.3 is 0 Å². The number of ether oxygens (including phenoxy) is 1. The van der Waals surface area contributed by atoms with Crippen molar-refractivity contribution in [2.45, 2.75) is 12.5 Å². The minimum atomic E-state index is -0.351. The Labute approximate surface area is 62.3 Å². The first-order valence-electron chi connectivity index (χ1n) is 3.12. The molecule has 1 N–H and O–H groups in total. The SMILES string of the molecule is O[C@@H]1CCOc2ncsc21. The molecule has 1 aliphatic rings. The third-order valence-electron chi connectivity index (χ3n) is 1.49. The molecule has 1 atom stereocenters. The summed E-state index contributed by atoms with van der Waals surface area (Å²) in [7, 11) is 0. The molecule has 0 spiro atoms. The van der Waals surface area contributed by atoms with Crippen LogP contribution in [-0.2, 0) is 0 Å². The van der Waals surface area contributed by atoms with Gasteiger partial charge in [0.25, 0.3) is 0 Å². The van der Waals surface area contributed by atoms with Gasteiger partial charge in [0.05, 0.1) is 23.1 Å². The van der Waals surface area contributed by atoms with Crippen LogP contribution in [0.1, 0.15) is 17.4 Å². The molecular formula is C6H7NO2S. The van der Waals surface area contributed by atoms with Crippen molar-refractivity contribution in [2.24, 2.45) is 0 Å². The number of aliphatic hydroxyl groups is 1. The van der Waals surface area contributed by atoms with Gasteiger partial charge in [-0.2, -0.15) is 0 Å². The van der Waals surface area contributed by atoms with Crippen molar-refractivity contribution in [3.05, 3.63) is 10.4 Å². The Bertz CT molecular complexity index is 235. The van der Waals surface area contributed by atoms with Crippen LogP contribution in [0.2, 0.25) is 0 Å². The van der Waals surface area contributed by atoms with E-state index in [1.54, 1.807) is 5.51 Å². The van der Waals surface area contributed by atoms with E-state index in [0.717, 1.165) is 4.88 Å². The van der Waals surface area contributed by atoms with Gasteiger partial charge in [-0.1, -0.05) is 0 Å². The quantitative estimate of drug-likeness (QED) is 0.610. The summed E-state index contributed by atoms with van der Waals surface area (Å²) in [6.07, 6.45) is 0.339. The van der Waals surface area contributed by atoms with Gasteiger partial charge in [0.1, 0.15) is 0 Å². The summed E-state index contributed by atoms with van der Waals surface area (Å²) in [6, 6.07) is 0. The lowest BCUT2D eigenvalue weighted by molar-refractivity contribution is 0.117. The zero-order valence-electron chi connectivity index (χ0n) is 5.28. The molecule has 0 fully saturated rings. The van der Waals surface area contributed by atoms with Crippen molar-refractivity contribution in [1.29, 1.82) is 0 Å². The van der Waals surface area contributed by atoms with Crippen LogP contribution in [0.3, 0.4) is 0 Å². The van der Waals surface area contributed by atoms with Crippen LogP contribution < -0.4 is 4.74 Å². The zero-order valence-corrected chi connectivity index (χ0v) is 6.10. The minimum absolute atomic E-state index is 0.351. The van der Waals surface area contributed by atoms with Crippen LogP contribution in [0.4, 0.5) is 0 Å². The molecule has 10 heavy (non-hydrogen) atoms. The van der Waals surface area contributed by atoms with Gasteiger partial charge in [-0.25, -0.2) is 4.98 Å². The lowest BCUT2D eigenvalue weighted by Gasteiger charge is -2.16. The molecule has 0 aliphatic carbocycles. The number of hydrogen-bond acceptors (Lipinski definition) is 4. The maximum absolute atomic E-state index is 9.34. The summed E-state index contributed by atoms with van der Waals surface area (Å²) < 4.78 is 5.17. The summed E-state index contributed by atoms with van der Waals surface area (Å²) in [6.45, 7) is 0.581. The second kappa shape index (κ2) is 2.21. The molecule has 2 heterocycles. The highest BCUT2D eigenvalue weighted by Gasteiger charge is 2.21. The minimum Gasteiger partial charge on any atom is -0.477 e. The van der Waals surface area contributed by atoms with E-state index in [0.29, 0.717) is 18.9 Å². The first-order valence-corrected chi connectivity index (χ1v) is 4.00. The predicted molar refractivity (Wildman–Crippen MR) is 37.2 cm³/mol. The highest BCUT2D eigenvalue weighted by molar-refractivity contribution is 7.10. The fourth-order valence-corrected chi connectivity index (χ4v) is 1.72. The molecular weight excluding hydrogens is 150 g/mol. The van der Waals surface area contributed by atoms with Crippen molar-refractivity contribution < 1.29 is 9.84 Å². The number of fused-ring (bicyclic) bond motifs is 1. The molecule has 3 nitrogen and oxygen atoms in total. The number of nitrogens with zero attached hydrogens (tertiary/aromatic N) is 1. The van der Waals surface area contributed by atoms with Gasteiger partial charge in [-0.15, -0.1) is 11.3 Å². The number of aromatic nitrogens is 1. The number of rotatable bonds is 0. The van der Waals surface area contributed by atoms with Gasteiger partial charge in [-0.3, -0.25) is 0 Å². The summed E-state index contributed by atoms with van der Waals surface area (Å²) >= 11 is 1.45. The van der Waals surface area contributed by atoms with Gasteiger partial charge in [0.2, 0.25) is 5.88 Å². The van der Waals surface area contributed by atoms with Gasteiger partial charge in [0, 0.05) is 6.42 Å². The molecule has 0 radical (unpaired) electrons. The Hall–Kier alpha value is -0.610. The second-order valence-electron chi connectivity index (χ2n) is 2.17. The summed E-state index contributed by atoms with van der Waals surface area (Å²) in [5, 5.41) is 9.34. The van der Waals surface area contributed by atoms with Gasteiger partial charge in [0.15, 0.2) is 0 Å². The Morgan fingerprint density at radius 1 is 1.80 bits per heavy atom. The molecule has 0 saturated carbocycles. The van der Waals surface area contributed by atoms with Crippen LogP contribution in [0.15, 0.2) is 5.51 Å². The summed E-state index contributed by atoms with van der Waals surface area (Å²) in [5.41, 5.74) is 1.69. The first kappa shape index (κ1) is 6.12. The van der Waals surface area contributed by atoms with E-state index < -0.39 is 0 Å². The van der Waals surface area contributed by atoms with E-state index in [1.807, 2.05) is 0 Å². The van der Waals surface area contributed by atoms with Crippen molar-refractivity contribution in [1.82, 2.24) is 4.98 Å². The fraction of sp³-hybridized carbons (Fsp3) is 0.500. The highest BCUT2D eigenvalue weighted by Crippen LogP contribution is 2.33. The predicted octanol–water partition coefficient (Wildman–Crippen LogP) is 0.959. The average Bonchev–Trinajstić information content (AvgIpc) is 2.36. The maximum atomic E-state index is 9.34. The van der Waals surface area contributed by atoms with Crippen molar-refractivity contribution in [2.75, 3.05) is 6.61 Å². The standard InChI is InChI=1S/C6H7NO2S/c8-4-1-2-9-6-5(4)10-3-7-6/h3-4,8H,1-2H2/t4-/m1/s1. The number of thiazole rings is 1. The van der Waals surface area contributed by atoms with Crippen LogP contribution in [0, 0.1) is 0 Å². The molecule has 2 rings (SSSR count). The smallest absolute Gasteiger partial charge is 0.230 e. The van der Waals surface area contributed by atoms with Crippen LogP contribution in [0.5, 0.6) is 5.88 Å². The first-order chi connectivity index (χ1) is 4.88. The lowest BCUT2D eigenvalue weighted by atomic mass is 10.2. The van der Waals surface area contributed by atoms with Crippen molar-refractivity contribution >= 4 is 11.3 Å². The Balaban J connectivity index is 2.41. The monoisotopic (exact) mass is 157 g/mol. The average molecular weight is 157 g/mol. The van der Waals surface area contributed by atoms with E-state index in [2.05, 4.69) is 4.98 Å². The molecule has 0 bridgehead atoms. The Kier molecular flexibility index (Phi) is 1.35. The topological polar surface area (TPSA) is 42.4 Å². The Morgan fingerprint density at radius 3 is 3.50 bits per heavy atom. The molecule has 0 amide bonds. The highest BCUT2D eigenvalue weighted by atomic mass is 32.1. The molecule has 54 valence electrons. The van der Waals surface area contributed by atoms with E-state index in [9.17, 15) is 5.11 Å². The zero-order chi connectivity index (χ0) is 6.97. The van der Waals surface area contributed by atoms with E-state index in [4.69, 9.17) is 4.74 Å². The molecule has 1 aliphatic heterocycles. The molecule has 0 unspecified atom stereocenters. The molecule has 0 saturated heterocycles. The van der Waals surface area contributed by atoms with Crippen molar-refractivity contribution in [3.63, 3.8) is 0 Å². The molecule has 4 heteroatoms. The normalized spacial score (nSPS) is 23.5. The van der Waals surface area contributed by atoms with Crippen LogP contribution in [0.25, 0.3) is 0 Å².